The van der Waals surface area contributed by atoms with Crippen molar-refractivity contribution in [2.75, 3.05) is 13.1 Å². The van der Waals surface area contributed by atoms with Gasteiger partial charge >= 0.3 is 12.3 Å². The Kier molecular flexibility index (Phi) is 5.60. The Bertz CT molecular complexity index is 828. The van der Waals surface area contributed by atoms with E-state index < -0.39 is 23.7 Å². The fourth-order valence-corrected chi connectivity index (χ4v) is 3.40. The lowest BCUT2D eigenvalue weighted by molar-refractivity contribution is -0.275. The zero-order valence-electron chi connectivity index (χ0n) is 14.9. The minimum absolute atomic E-state index is 0.0401. The van der Waals surface area contributed by atoms with Gasteiger partial charge in [0, 0.05) is 25.2 Å². The maximum absolute atomic E-state index is 15.5. The Balaban J connectivity index is 1.67. The highest BCUT2D eigenvalue weighted by molar-refractivity contribution is 5.87. The van der Waals surface area contributed by atoms with E-state index in [1.165, 1.54) is 30.3 Å². The molecule has 2 aromatic carbocycles. The summed E-state index contributed by atoms with van der Waals surface area (Å²) in [5, 5.41) is 8.92. The number of halogens is 4. The van der Waals surface area contributed by atoms with Crippen LogP contribution in [0.2, 0.25) is 0 Å². The summed E-state index contributed by atoms with van der Waals surface area (Å²) in [5.41, 5.74) is -0.910. The van der Waals surface area contributed by atoms with Gasteiger partial charge in [0.15, 0.2) is 0 Å². The van der Waals surface area contributed by atoms with Crippen molar-refractivity contribution in [3.8, 4) is 5.75 Å². The molecule has 150 valence electrons. The van der Waals surface area contributed by atoms with Crippen LogP contribution < -0.4 is 4.74 Å². The first-order valence-corrected chi connectivity index (χ1v) is 8.75. The molecule has 4 nitrogen and oxygen atoms in total. The Morgan fingerprint density at radius 3 is 2.25 bits per heavy atom. The van der Waals surface area contributed by atoms with Crippen molar-refractivity contribution in [3.63, 3.8) is 0 Å². The van der Waals surface area contributed by atoms with Gasteiger partial charge in [0.25, 0.3) is 0 Å². The first-order valence-electron chi connectivity index (χ1n) is 8.75. The number of carbonyl (C=O) groups is 1. The molecule has 1 aliphatic heterocycles. The highest BCUT2D eigenvalue weighted by Gasteiger charge is 2.41. The smallest absolute Gasteiger partial charge is 0.478 e. The molecule has 0 atom stereocenters. The molecule has 1 fully saturated rings. The van der Waals surface area contributed by atoms with Gasteiger partial charge in [0.2, 0.25) is 0 Å². The van der Waals surface area contributed by atoms with Crippen molar-refractivity contribution in [2.45, 2.75) is 31.4 Å². The molecule has 1 aliphatic rings. The van der Waals surface area contributed by atoms with E-state index in [1.807, 2.05) is 4.90 Å². The van der Waals surface area contributed by atoms with Crippen LogP contribution in [-0.2, 0) is 12.2 Å². The fraction of sp³-hybridized carbons (Fsp3) is 0.350. The van der Waals surface area contributed by atoms with Crippen molar-refractivity contribution >= 4 is 5.97 Å². The van der Waals surface area contributed by atoms with Gasteiger partial charge in [0.1, 0.15) is 11.4 Å². The Morgan fingerprint density at radius 1 is 1.07 bits per heavy atom. The number of piperidine rings is 1. The number of aromatic carboxylic acids is 1. The molecule has 0 spiro atoms. The minimum atomic E-state index is -4.88. The number of carboxylic acids is 1. The number of benzene rings is 2. The minimum Gasteiger partial charge on any atom is -0.478 e. The highest BCUT2D eigenvalue weighted by atomic mass is 19.4. The number of hydrogen-bond acceptors (Lipinski definition) is 3. The van der Waals surface area contributed by atoms with Crippen LogP contribution in [0.4, 0.5) is 17.6 Å². The predicted octanol–water partition coefficient (Wildman–Crippen LogP) is 4.74. The lowest BCUT2D eigenvalue weighted by Crippen LogP contribution is -2.40. The summed E-state index contributed by atoms with van der Waals surface area (Å²) in [6.45, 7) is 1.23. The van der Waals surface area contributed by atoms with Gasteiger partial charge in [-0.2, -0.15) is 0 Å². The largest absolute Gasteiger partial charge is 0.573 e. The van der Waals surface area contributed by atoms with Crippen LogP contribution in [0, 0.1) is 0 Å². The number of nitrogens with zero attached hydrogens (tertiary/aromatic N) is 1. The number of likely N-dealkylation sites (tertiary alicyclic amines) is 1. The molecule has 28 heavy (non-hydrogen) atoms. The molecule has 0 bridgehead atoms. The average molecular weight is 397 g/mol. The summed E-state index contributed by atoms with van der Waals surface area (Å²) in [5.74, 6) is -1.51. The fourth-order valence-electron chi connectivity index (χ4n) is 3.40. The molecule has 0 aromatic heterocycles. The second-order valence-electron chi connectivity index (χ2n) is 6.79. The van der Waals surface area contributed by atoms with Crippen LogP contribution in [0.5, 0.6) is 5.75 Å². The summed E-state index contributed by atoms with van der Waals surface area (Å²) < 4.78 is 57.3. The summed E-state index contributed by atoms with van der Waals surface area (Å²) >= 11 is 0. The lowest BCUT2D eigenvalue weighted by atomic mass is 9.85. The maximum Gasteiger partial charge on any atom is 0.573 e. The molecule has 0 unspecified atom stereocenters. The zero-order valence-corrected chi connectivity index (χ0v) is 14.9. The van der Waals surface area contributed by atoms with E-state index in [-0.39, 0.29) is 24.0 Å². The molecule has 3 rings (SSSR count). The van der Waals surface area contributed by atoms with Gasteiger partial charge in [0.05, 0.1) is 5.56 Å². The molecular formula is C20H19F4NO3. The number of hydrogen-bond donors (Lipinski definition) is 1. The van der Waals surface area contributed by atoms with Gasteiger partial charge in [-0.05, 0) is 36.6 Å². The van der Waals surface area contributed by atoms with Crippen LogP contribution in [0.1, 0.15) is 34.3 Å². The van der Waals surface area contributed by atoms with Crippen LogP contribution in [0.25, 0.3) is 0 Å². The monoisotopic (exact) mass is 397 g/mol. The average Bonchev–Trinajstić information content (AvgIpc) is 2.63. The Labute approximate surface area is 159 Å². The summed E-state index contributed by atoms with van der Waals surface area (Å²) in [6, 6.07) is 11.8. The maximum atomic E-state index is 15.5. The van der Waals surface area contributed by atoms with Crippen LogP contribution in [0.15, 0.2) is 48.5 Å². The Hall–Kier alpha value is -2.61. The predicted molar refractivity (Wildman–Crippen MR) is 93.8 cm³/mol. The third-order valence-corrected chi connectivity index (χ3v) is 4.85. The third kappa shape index (κ3) is 4.81. The SMILES string of the molecule is O=C(O)c1ccc(CN2CCC(F)(c3ccccc3OC(F)(F)F)CC2)cc1. The first kappa shape index (κ1) is 20.1. The van der Waals surface area contributed by atoms with E-state index in [9.17, 15) is 18.0 Å². The molecule has 8 heteroatoms. The molecule has 1 heterocycles. The van der Waals surface area contributed by atoms with Crippen molar-refractivity contribution in [2.24, 2.45) is 0 Å². The molecular weight excluding hydrogens is 378 g/mol. The van der Waals surface area contributed by atoms with Gasteiger partial charge in [-0.15, -0.1) is 13.2 Å². The summed E-state index contributed by atoms with van der Waals surface area (Å²) in [4.78, 5) is 12.9. The summed E-state index contributed by atoms with van der Waals surface area (Å²) in [6.07, 6.45) is -4.80. The van der Waals surface area contributed by atoms with Gasteiger partial charge in [-0.1, -0.05) is 30.3 Å². The standard InChI is InChI=1S/C20H19F4NO3/c21-19(16-3-1-2-4-17(16)28-20(22,23)24)9-11-25(12-10-19)13-14-5-7-15(8-6-14)18(26)27/h1-8H,9-13H2,(H,26,27). The molecule has 1 N–H and O–H groups in total. The van der Waals surface area contributed by atoms with E-state index >= 15 is 4.39 Å². The van der Waals surface area contributed by atoms with E-state index in [1.54, 1.807) is 12.1 Å². The topological polar surface area (TPSA) is 49.8 Å². The molecule has 0 amide bonds. The van der Waals surface area contributed by atoms with E-state index in [2.05, 4.69) is 4.74 Å². The Morgan fingerprint density at radius 2 is 1.68 bits per heavy atom. The number of alkyl halides is 4. The van der Waals surface area contributed by atoms with Crippen molar-refractivity contribution in [1.82, 2.24) is 4.90 Å². The van der Waals surface area contributed by atoms with E-state index in [0.29, 0.717) is 19.6 Å². The summed E-state index contributed by atoms with van der Waals surface area (Å²) in [7, 11) is 0. The van der Waals surface area contributed by atoms with Crippen LogP contribution in [0.3, 0.4) is 0 Å². The molecule has 0 saturated carbocycles. The van der Waals surface area contributed by atoms with Crippen molar-refractivity contribution < 1.29 is 32.2 Å². The number of para-hydroxylation sites is 1. The number of carboxylic acid groups (broad SMARTS) is 1. The quantitative estimate of drug-likeness (QED) is 0.741. The van der Waals surface area contributed by atoms with Crippen LogP contribution in [-0.4, -0.2) is 35.4 Å². The van der Waals surface area contributed by atoms with Gasteiger partial charge in [-0.25, -0.2) is 9.18 Å². The third-order valence-electron chi connectivity index (χ3n) is 4.85. The molecule has 0 aliphatic carbocycles. The second-order valence-corrected chi connectivity index (χ2v) is 6.79. The van der Waals surface area contributed by atoms with Gasteiger partial charge in [-0.3, -0.25) is 4.90 Å². The van der Waals surface area contributed by atoms with Gasteiger partial charge < -0.3 is 9.84 Å². The lowest BCUT2D eigenvalue weighted by Gasteiger charge is -2.37. The van der Waals surface area contributed by atoms with Crippen molar-refractivity contribution in [3.05, 3.63) is 65.2 Å². The highest BCUT2D eigenvalue weighted by Crippen LogP contribution is 2.42. The van der Waals surface area contributed by atoms with Crippen LogP contribution >= 0.6 is 0 Å². The van der Waals surface area contributed by atoms with E-state index in [0.717, 1.165) is 11.6 Å². The number of ether oxygens (including phenoxy) is 1. The second kappa shape index (κ2) is 7.79. The van der Waals surface area contributed by atoms with Crippen molar-refractivity contribution in [1.29, 1.82) is 0 Å². The molecule has 2 aromatic rings. The normalized spacial score (nSPS) is 17.3. The zero-order chi connectivity index (χ0) is 20.4. The molecule has 0 radical (unpaired) electrons. The van der Waals surface area contributed by atoms with E-state index in [4.69, 9.17) is 5.11 Å². The number of rotatable bonds is 5. The first-order chi connectivity index (χ1) is 13.2. The molecule has 1 saturated heterocycles.